The van der Waals surface area contributed by atoms with E-state index in [-0.39, 0.29) is 11.4 Å². The average Bonchev–Trinajstić information content (AvgIpc) is 2.36. The third-order valence-corrected chi connectivity index (χ3v) is 2.56. The van der Waals surface area contributed by atoms with Crippen LogP contribution in [-0.4, -0.2) is 15.5 Å². The van der Waals surface area contributed by atoms with Gasteiger partial charge in [0, 0.05) is 23.8 Å². The highest BCUT2D eigenvalue weighted by Gasteiger charge is 2.11. The van der Waals surface area contributed by atoms with Gasteiger partial charge in [0.2, 0.25) is 5.95 Å². The average molecular weight is 274 g/mol. The van der Waals surface area contributed by atoms with Crippen LogP contribution in [0, 0.1) is 5.82 Å². The summed E-state index contributed by atoms with van der Waals surface area (Å²) in [5, 5.41) is 6.29. The van der Waals surface area contributed by atoms with Crippen LogP contribution in [0.25, 0.3) is 0 Å². The van der Waals surface area contributed by atoms with E-state index in [0.29, 0.717) is 23.9 Å². The van der Waals surface area contributed by atoms with E-state index < -0.39 is 0 Å². The third kappa shape index (κ3) is 4.19. The minimum absolute atomic E-state index is 0.107. The first-order chi connectivity index (χ1) is 9.44. The number of benzene rings is 1. The SMILES string of the molecule is CC(C)(C)Nc1nccc(NCc2ccccc2F)n1. The number of nitrogens with one attached hydrogen (secondary N) is 2. The highest BCUT2D eigenvalue weighted by atomic mass is 19.1. The van der Waals surface area contributed by atoms with E-state index in [9.17, 15) is 4.39 Å². The van der Waals surface area contributed by atoms with Gasteiger partial charge in [0.25, 0.3) is 0 Å². The summed E-state index contributed by atoms with van der Waals surface area (Å²) in [6.07, 6.45) is 1.67. The quantitative estimate of drug-likeness (QED) is 0.896. The maximum absolute atomic E-state index is 13.5. The Morgan fingerprint density at radius 1 is 1.15 bits per heavy atom. The number of anilines is 2. The Kier molecular flexibility index (Phi) is 4.17. The lowest BCUT2D eigenvalue weighted by atomic mass is 10.1. The predicted molar refractivity (Wildman–Crippen MR) is 79.1 cm³/mol. The van der Waals surface area contributed by atoms with Gasteiger partial charge in [-0.15, -0.1) is 0 Å². The molecule has 0 amide bonds. The Morgan fingerprint density at radius 2 is 1.90 bits per heavy atom. The lowest BCUT2D eigenvalue weighted by molar-refractivity contribution is 0.613. The molecule has 5 heteroatoms. The maximum atomic E-state index is 13.5. The molecule has 0 fully saturated rings. The molecule has 0 bridgehead atoms. The number of rotatable bonds is 4. The molecule has 4 nitrogen and oxygen atoms in total. The minimum Gasteiger partial charge on any atom is -0.366 e. The molecule has 0 aliphatic rings. The number of halogens is 1. The summed E-state index contributed by atoms with van der Waals surface area (Å²) in [6.45, 7) is 6.50. The van der Waals surface area contributed by atoms with E-state index in [0.717, 1.165) is 0 Å². The monoisotopic (exact) mass is 274 g/mol. The van der Waals surface area contributed by atoms with Crippen LogP contribution in [0.2, 0.25) is 0 Å². The molecule has 2 N–H and O–H groups in total. The van der Waals surface area contributed by atoms with E-state index in [1.54, 1.807) is 24.4 Å². The highest BCUT2D eigenvalue weighted by Crippen LogP contribution is 2.13. The molecule has 0 aliphatic heterocycles. The smallest absolute Gasteiger partial charge is 0.224 e. The first-order valence-corrected chi connectivity index (χ1v) is 6.52. The zero-order chi connectivity index (χ0) is 14.6. The molecular formula is C15H19FN4. The second-order valence-electron chi connectivity index (χ2n) is 5.59. The molecule has 1 heterocycles. The van der Waals surface area contributed by atoms with Crippen molar-refractivity contribution in [1.29, 1.82) is 0 Å². The van der Waals surface area contributed by atoms with Gasteiger partial charge in [-0.05, 0) is 32.9 Å². The van der Waals surface area contributed by atoms with Crippen LogP contribution in [0.15, 0.2) is 36.5 Å². The maximum Gasteiger partial charge on any atom is 0.224 e. The highest BCUT2D eigenvalue weighted by molar-refractivity contribution is 5.41. The Morgan fingerprint density at radius 3 is 2.60 bits per heavy atom. The van der Waals surface area contributed by atoms with Gasteiger partial charge >= 0.3 is 0 Å². The molecule has 2 rings (SSSR count). The normalized spacial score (nSPS) is 11.2. The van der Waals surface area contributed by atoms with E-state index in [1.807, 2.05) is 26.8 Å². The van der Waals surface area contributed by atoms with Crippen molar-refractivity contribution < 1.29 is 4.39 Å². The predicted octanol–water partition coefficient (Wildman–Crippen LogP) is 3.44. The van der Waals surface area contributed by atoms with Crippen LogP contribution >= 0.6 is 0 Å². The fraction of sp³-hybridized carbons (Fsp3) is 0.333. The van der Waals surface area contributed by atoms with Crippen LogP contribution in [0.5, 0.6) is 0 Å². The molecule has 0 aliphatic carbocycles. The van der Waals surface area contributed by atoms with Gasteiger partial charge < -0.3 is 10.6 Å². The molecule has 0 atom stereocenters. The van der Waals surface area contributed by atoms with Crippen molar-refractivity contribution >= 4 is 11.8 Å². The van der Waals surface area contributed by atoms with Crippen LogP contribution < -0.4 is 10.6 Å². The number of aromatic nitrogens is 2. The van der Waals surface area contributed by atoms with Gasteiger partial charge in [0.15, 0.2) is 0 Å². The van der Waals surface area contributed by atoms with Crippen molar-refractivity contribution in [3.8, 4) is 0 Å². The van der Waals surface area contributed by atoms with E-state index in [1.165, 1.54) is 6.07 Å². The topological polar surface area (TPSA) is 49.8 Å². The minimum atomic E-state index is -0.220. The molecule has 1 aromatic heterocycles. The summed E-state index contributed by atoms with van der Waals surface area (Å²) < 4.78 is 13.5. The van der Waals surface area contributed by atoms with Gasteiger partial charge in [-0.3, -0.25) is 0 Å². The lowest BCUT2D eigenvalue weighted by Crippen LogP contribution is -2.27. The fourth-order valence-corrected chi connectivity index (χ4v) is 1.68. The van der Waals surface area contributed by atoms with Gasteiger partial charge in [-0.2, -0.15) is 4.98 Å². The van der Waals surface area contributed by atoms with Crippen molar-refractivity contribution in [1.82, 2.24) is 9.97 Å². The first kappa shape index (κ1) is 14.2. The summed E-state index contributed by atoms with van der Waals surface area (Å²) in [6, 6.07) is 8.44. The Balaban J connectivity index is 2.03. The summed E-state index contributed by atoms with van der Waals surface area (Å²) in [7, 11) is 0. The Hall–Kier alpha value is -2.17. The second-order valence-corrected chi connectivity index (χ2v) is 5.59. The van der Waals surface area contributed by atoms with E-state index in [2.05, 4.69) is 20.6 Å². The fourth-order valence-electron chi connectivity index (χ4n) is 1.68. The molecule has 1 aromatic carbocycles. The van der Waals surface area contributed by atoms with Gasteiger partial charge in [-0.1, -0.05) is 18.2 Å². The zero-order valence-corrected chi connectivity index (χ0v) is 11.9. The molecule has 0 unspecified atom stereocenters. The largest absolute Gasteiger partial charge is 0.366 e. The van der Waals surface area contributed by atoms with E-state index >= 15 is 0 Å². The van der Waals surface area contributed by atoms with Crippen LogP contribution in [0.3, 0.4) is 0 Å². The van der Waals surface area contributed by atoms with Crippen molar-refractivity contribution in [2.24, 2.45) is 0 Å². The van der Waals surface area contributed by atoms with Gasteiger partial charge in [0.05, 0.1) is 0 Å². The van der Waals surface area contributed by atoms with Crippen LogP contribution in [0.4, 0.5) is 16.2 Å². The molecule has 0 radical (unpaired) electrons. The molecule has 0 spiro atoms. The van der Waals surface area contributed by atoms with Gasteiger partial charge in [0.1, 0.15) is 11.6 Å². The van der Waals surface area contributed by atoms with E-state index in [4.69, 9.17) is 0 Å². The molecule has 0 saturated heterocycles. The van der Waals surface area contributed by atoms with Crippen LogP contribution in [0.1, 0.15) is 26.3 Å². The third-order valence-electron chi connectivity index (χ3n) is 2.56. The van der Waals surface area contributed by atoms with Crippen molar-refractivity contribution in [2.75, 3.05) is 10.6 Å². The van der Waals surface area contributed by atoms with Crippen molar-refractivity contribution in [2.45, 2.75) is 32.9 Å². The zero-order valence-electron chi connectivity index (χ0n) is 11.9. The summed E-state index contributed by atoms with van der Waals surface area (Å²) in [4.78, 5) is 8.51. The summed E-state index contributed by atoms with van der Waals surface area (Å²) >= 11 is 0. The number of nitrogens with zero attached hydrogens (tertiary/aromatic N) is 2. The molecular weight excluding hydrogens is 255 g/mol. The number of hydrogen-bond acceptors (Lipinski definition) is 4. The summed E-state index contributed by atoms with van der Waals surface area (Å²) in [5.74, 6) is 0.994. The van der Waals surface area contributed by atoms with Crippen LogP contribution in [-0.2, 0) is 6.54 Å². The van der Waals surface area contributed by atoms with Crippen molar-refractivity contribution in [3.05, 3.63) is 47.9 Å². The number of hydrogen-bond donors (Lipinski definition) is 2. The lowest BCUT2D eigenvalue weighted by Gasteiger charge is -2.20. The Bertz CT molecular complexity index is 578. The van der Waals surface area contributed by atoms with Gasteiger partial charge in [-0.25, -0.2) is 9.37 Å². The molecule has 0 saturated carbocycles. The molecule has 106 valence electrons. The molecule has 2 aromatic rings. The second kappa shape index (κ2) is 5.86. The Labute approximate surface area is 118 Å². The van der Waals surface area contributed by atoms with Crippen molar-refractivity contribution in [3.63, 3.8) is 0 Å². The first-order valence-electron chi connectivity index (χ1n) is 6.52. The molecule has 20 heavy (non-hydrogen) atoms. The standard InChI is InChI=1S/C15H19FN4/c1-15(2,3)20-14-17-9-8-13(19-14)18-10-11-6-4-5-7-12(11)16/h4-9H,10H2,1-3H3,(H2,17,18,19,20). The summed E-state index contributed by atoms with van der Waals surface area (Å²) in [5.41, 5.74) is 0.501.